The molecule has 2 rings (SSSR count). The number of nitrogens with one attached hydrogen (secondary N) is 2. The van der Waals surface area contributed by atoms with Crippen LogP contribution in [-0.4, -0.2) is 72.9 Å². The molecule has 6 amide bonds. The Balaban J connectivity index is 1.55. The van der Waals surface area contributed by atoms with E-state index in [4.69, 9.17) is 0 Å². The van der Waals surface area contributed by atoms with Gasteiger partial charge in [-0.25, -0.2) is 9.59 Å². The van der Waals surface area contributed by atoms with Crippen LogP contribution >= 0.6 is 0 Å². The lowest BCUT2D eigenvalue weighted by Gasteiger charge is -2.12. The fraction of sp³-hybridized carbons (Fsp3) is 0.714. The number of azo groups is 1. The molecule has 132 valence electrons. The highest BCUT2D eigenvalue weighted by atomic mass is 16.2. The largest absolute Gasteiger partial charge is 0.336 e. The van der Waals surface area contributed by atoms with Gasteiger partial charge in [0.25, 0.3) is 11.8 Å². The van der Waals surface area contributed by atoms with Gasteiger partial charge in [-0.2, -0.15) is 0 Å². The molecule has 0 aliphatic carbocycles. The summed E-state index contributed by atoms with van der Waals surface area (Å²) in [6.45, 7) is 3.50. The normalized spacial score (nSPS) is 17.5. The minimum Gasteiger partial charge on any atom is -0.336 e. The number of hydrogen-bond donors (Lipinski definition) is 2. The van der Waals surface area contributed by atoms with Crippen molar-refractivity contribution < 1.29 is 19.2 Å². The second kappa shape index (κ2) is 8.94. The number of hydrogen-bond acceptors (Lipinski definition) is 4. The summed E-state index contributed by atoms with van der Waals surface area (Å²) in [4.78, 5) is 48.9. The second-order valence-electron chi connectivity index (χ2n) is 5.63. The first-order valence-electron chi connectivity index (χ1n) is 8.09. The maximum absolute atomic E-state index is 11.5. The molecule has 10 nitrogen and oxygen atoms in total. The standard InChI is InChI=1S/C14H22N6O4/c21-11(3-1-7-19-9-5-15-13(19)23)17-18-12(22)4-2-8-20-10-6-16-14(20)24/h1-10H2,(H,15,23)(H,16,24). The van der Waals surface area contributed by atoms with Crippen molar-refractivity contribution in [1.82, 2.24) is 20.4 Å². The zero-order valence-electron chi connectivity index (χ0n) is 13.5. The summed E-state index contributed by atoms with van der Waals surface area (Å²) in [7, 11) is 0. The molecule has 0 spiro atoms. The van der Waals surface area contributed by atoms with Crippen LogP contribution in [0.15, 0.2) is 10.2 Å². The first-order valence-corrected chi connectivity index (χ1v) is 8.09. The summed E-state index contributed by atoms with van der Waals surface area (Å²) in [6, 6.07) is -0.239. The van der Waals surface area contributed by atoms with Crippen molar-refractivity contribution in [2.45, 2.75) is 25.7 Å². The molecule has 2 aliphatic rings. The maximum Gasteiger partial charge on any atom is 0.317 e. The Labute approximate surface area is 139 Å². The molecule has 0 aromatic heterocycles. The molecule has 10 heteroatoms. The highest BCUT2D eigenvalue weighted by Crippen LogP contribution is 2.03. The molecule has 2 N–H and O–H groups in total. The van der Waals surface area contributed by atoms with Gasteiger partial charge in [0.05, 0.1) is 0 Å². The van der Waals surface area contributed by atoms with Crippen LogP contribution in [0, 0.1) is 0 Å². The smallest absolute Gasteiger partial charge is 0.317 e. The van der Waals surface area contributed by atoms with Crippen molar-refractivity contribution in [3.8, 4) is 0 Å². The predicted molar refractivity (Wildman–Crippen MR) is 83.3 cm³/mol. The van der Waals surface area contributed by atoms with E-state index in [0.717, 1.165) is 0 Å². The summed E-state index contributed by atoms with van der Waals surface area (Å²) in [5.74, 6) is -0.941. The van der Waals surface area contributed by atoms with Gasteiger partial charge >= 0.3 is 12.1 Å². The number of urea groups is 2. The fourth-order valence-corrected chi connectivity index (χ4v) is 2.50. The molecule has 2 fully saturated rings. The number of carbonyl (C=O) groups is 4. The molecule has 0 bridgehead atoms. The van der Waals surface area contributed by atoms with Crippen molar-refractivity contribution in [3.05, 3.63) is 0 Å². The lowest BCUT2D eigenvalue weighted by Crippen LogP contribution is -2.29. The van der Waals surface area contributed by atoms with Gasteiger partial charge in [-0.15, -0.1) is 10.2 Å². The van der Waals surface area contributed by atoms with Crippen molar-refractivity contribution in [1.29, 1.82) is 0 Å². The van der Waals surface area contributed by atoms with Crippen molar-refractivity contribution in [2.24, 2.45) is 10.2 Å². The van der Waals surface area contributed by atoms with Crippen LogP contribution in [0.4, 0.5) is 9.59 Å². The van der Waals surface area contributed by atoms with Gasteiger partial charge < -0.3 is 20.4 Å². The number of carbonyl (C=O) groups excluding carboxylic acids is 4. The van der Waals surface area contributed by atoms with Crippen LogP contribution in [-0.2, 0) is 9.59 Å². The Morgan fingerprint density at radius 2 is 1.25 bits per heavy atom. The van der Waals surface area contributed by atoms with Crippen molar-refractivity contribution in [2.75, 3.05) is 39.3 Å². The molecule has 0 radical (unpaired) electrons. The Hall–Kier alpha value is -2.52. The minimum atomic E-state index is -0.470. The summed E-state index contributed by atoms with van der Waals surface area (Å²) in [5.41, 5.74) is 0. The van der Waals surface area contributed by atoms with Gasteiger partial charge in [0.1, 0.15) is 0 Å². The van der Waals surface area contributed by atoms with E-state index in [2.05, 4.69) is 20.9 Å². The van der Waals surface area contributed by atoms with Crippen LogP contribution < -0.4 is 10.6 Å². The van der Waals surface area contributed by atoms with E-state index in [1.54, 1.807) is 9.80 Å². The molecule has 24 heavy (non-hydrogen) atoms. The minimum absolute atomic E-state index is 0.120. The predicted octanol–water partition coefficient (Wildman–Crippen LogP) is 0.103. The molecule has 2 saturated heterocycles. The quantitative estimate of drug-likeness (QED) is 0.609. The molecule has 0 saturated carbocycles. The maximum atomic E-state index is 11.5. The van der Waals surface area contributed by atoms with E-state index in [1.807, 2.05) is 0 Å². The lowest BCUT2D eigenvalue weighted by molar-refractivity contribution is -0.122. The lowest BCUT2D eigenvalue weighted by atomic mass is 10.3. The summed E-state index contributed by atoms with van der Waals surface area (Å²) in [5, 5.41) is 12.1. The van der Waals surface area contributed by atoms with Gasteiger partial charge in [0, 0.05) is 52.1 Å². The Morgan fingerprint density at radius 3 is 1.58 bits per heavy atom. The molecule has 0 aromatic rings. The average Bonchev–Trinajstić information content (AvgIpc) is 3.14. The van der Waals surface area contributed by atoms with E-state index in [1.165, 1.54) is 0 Å². The Kier molecular flexibility index (Phi) is 6.64. The van der Waals surface area contributed by atoms with Crippen LogP contribution in [0.3, 0.4) is 0 Å². The van der Waals surface area contributed by atoms with Crippen LogP contribution in [0.2, 0.25) is 0 Å². The van der Waals surface area contributed by atoms with Crippen LogP contribution in [0.25, 0.3) is 0 Å². The SMILES string of the molecule is O=C(CCCN1CCNC1=O)N=NC(=O)CCCN1CCNC1=O. The molecular formula is C14H22N6O4. The third kappa shape index (κ3) is 5.60. The fourth-order valence-electron chi connectivity index (χ4n) is 2.50. The van der Waals surface area contributed by atoms with Gasteiger partial charge in [-0.1, -0.05) is 0 Å². The van der Waals surface area contributed by atoms with Gasteiger partial charge in [-0.05, 0) is 12.8 Å². The summed E-state index contributed by atoms with van der Waals surface area (Å²) < 4.78 is 0. The third-order valence-corrected chi connectivity index (χ3v) is 3.80. The molecule has 0 atom stereocenters. The number of nitrogens with zero attached hydrogens (tertiary/aromatic N) is 4. The molecule has 0 unspecified atom stereocenters. The van der Waals surface area contributed by atoms with Gasteiger partial charge in [0.15, 0.2) is 0 Å². The van der Waals surface area contributed by atoms with Crippen LogP contribution in [0.1, 0.15) is 25.7 Å². The van der Waals surface area contributed by atoms with Gasteiger partial charge in [-0.3, -0.25) is 9.59 Å². The summed E-state index contributed by atoms with van der Waals surface area (Å²) in [6.07, 6.45) is 1.27. The third-order valence-electron chi connectivity index (χ3n) is 3.80. The molecule has 0 aromatic carbocycles. The van der Waals surface area contributed by atoms with E-state index < -0.39 is 11.8 Å². The zero-order chi connectivity index (χ0) is 17.4. The topological polar surface area (TPSA) is 124 Å². The van der Waals surface area contributed by atoms with Crippen LogP contribution in [0.5, 0.6) is 0 Å². The number of amides is 6. The molecule has 2 aliphatic heterocycles. The van der Waals surface area contributed by atoms with Gasteiger partial charge in [0.2, 0.25) is 0 Å². The Morgan fingerprint density at radius 1 is 0.833 bits per heavy atom. The first-order chi connectivity index (χ1) is 11.6. The second-order valence-corrected chi connectivity index (χ2v) is 5.63. The average molecular weight is 338 g/mol. The van der Waals surface area contributed by atoms with E-state index in [0.29, 0.717) is 52.1 Å². The van der Waals surface area contributed by atoms with E-state index in [9.17, 15) is 19.2 Å². The highest BCUT2D eigenvalue weighted by molar-refractivity contribution is 5.81. The molecular weight excluding hydrogens is 316 g/mol. The first kappa shape index (κ1) is 17.8. The highest BCUT2D eigenvalue weighted by Gasteiger charge is 2.19. The molecule has 2 heterocycles. The number of rotatable bonds is 8. The van der Waals surface area contributed by atoms with E-state index in [-0.39, 0.29) is 24.9 Å². The van der Waals surface area contributed by atoms with E-state index >= 15 is 0 Å². The Bertz CT molecular complexity index is 489. The monoisotopic (exact) mass is 338 g/mol. The van der Waals surface area contributed by atoms with Crippen molar-refractivity contribution in [3.63, 3.8) is 0 Å². The zero-order valence-corrected chi connectivity index (χ0v) is 13.5. The van der Waals surface area contributed by atoms with Crippen molar-refractivity contribution >= 4 is 23.9 Å². The summed E-state index contributed by atoms with van der Waals surface area (Å²) >= 11 is 0.